The highest BCUT2D eigenvalue weighted by molar-refractivity contribution is 6.31. The van der Waals surface area contributed by atoms with Crippen LogP contribution in [0, 0.1) is 13.8 Å². The van der Waals surface area contributed by atoms with Crippen molar-refractivity contribution in [2.75, 3.05) is 0 Å². The molecule has 12 heteroatoms. The van der Waals surface area contributed by atoms with Crippen LogP contribution in [-0.4, -0.2) is 49.6 Å². The number of hydrogen-bond donors (Lipinski definition) is 5. The fourth-order valence-electron chi connectivity index (χ4n) is 5.34. The fourth-order valence-corrected chi connectivity index (χ4v) is 5.34. The van der Waals surface area contributed by atoms with Gasteiger partial charge < -0.3 is 25.5 Å². The van der Waals surface area contributed by atoms with Gasteiger partial charge in [0, 0.05) is 51.6 Å². The van der Waals surface area contributed by atoms with Crippen LogP contribution in [0.4, 0.5) is 0 Å². The lowest BCUT2D eigenvalue weighted by Crippen LogP contribution is -2.15. The number of aliphatic imine (C=N–C) groups is 1. The summed E-state index contributed by atoms with van der Waals surface area (Å²) >= 11 is 0. The van der Waals surface area contributed by atoms with Gasteiger partial charge >= 0.3 is 11.9 Å². The number of H-pyrrole nitrogens is 2. The summed E-state index contributed by atoms with van der Waals surface area (Å²) in [6.45, 7) is 14.8. The molecule has 0 spiro atoms. The summed E-state index contributed by atoms with van der Waals surface area (Å²) in [5.74, 6) is -2.46. The van der Waals surface area contributed by atoms with E-state index in [1.54, 1.807) is 32.1 Å². The number of aliphatic carboxylic acids is 2. The van der Waals surface area contributed by atoms with Crippen molar-refractivity contribution in [3.05, 3.63) is 97.6 Å². The molecule has 2 aromatic heterocycles. The number of nitrogens with zero attached hydrogens (tertiary/aromatic N) is 1. The molecule has 0 bridgehead atoms. The van der Waals surface area contributed by atoms with Crippen LogP contribution in [0.1, 0.15) is 60.3 Å². The number of aromatic nitrogens is 2. The summed E-state index contributed by atoms with van der Waals surface area (Å²) in [7, 11) is 0. The second kappa shape index (κ2) is 14.9. The zero-order chi connectivity index (χ0) is 31.6. The Labute approximate surface area is 272 Å². The SMILES string of the molecule is C=CC1=C(C)C(C=c2[nH]c(=Cc3[nH]c(/C=C4/NC(=O)C(C)=C4C=C)c(C)c3CCC(=O)O)c(CCC(=O)O)c2C)=NC1=O.Cl.Cl. The number of halogens is 2. The second-order valence-electron chi connectivity index (χ2n) is 10.5. The minimum absolute atomic E-state index is 0. The zero-order valence-corrected chi connectivity index (χ0v) is 27.1. The number of carbonyl (C=O) groups is 4. The third-order valence-electron chi connectivity index (χ3n) is 7.87. The van der Waals surface area contributed by atoms with Gasteiger partial charge in [0.1, 0.15) is 0 Å². The van der Waals surface area contributed by atoms with Gasteiger partial charge in [-0.3, -0.25) is 19.2 Å². The lowest BCUT2D eigenvalue weighted by atomic mass is 10.0. The number of aromatic amines is 2. The molecular weight excluding hydrogens is 619 g/mol. The molecule has 0 fully saturated rings. The summed E-state index contributed by atoms with van der Waals surface area (Å²) in [5, 5.41) is 23.0. The van der Waals surface area contributed by atoms with Crippen LogP contribution in [0.5, 0.6) is 0 Å². The Balaban J connectivity index is 0.00000353. The van der Waals surface area contributed by atoms with E-state index in [1.165, 1.54) is 6.08 Å². The van der Waals surface area contributed by atoms with E-state index in [0.717, 1.165) is 22.3 Å². The molecule has 2 aromatic rings. The van der Waals surface area contributed by atoms with E-state index in [9.17, 15) is 29.4 Å². The Morgan fingerprint density at radius 1 is 0.756 bits per heavy atom. The molecule has 0 atom stereocenters. The average molecular weight is 656 g/mol. The summed E-state index contributed by atoms with van der Waals surface area (Å²) in [6, 6.07) is 0. The Morgan fingerprint density at radius 2 is 1.36 bits per heavy atom. The standard InChI is InChI=1S/C33H34N4O6.2ClH/c1-7-20-19(6)32(42)37-27(20)14-25-18(5)23(10-12-31(40)41)29(35-25)15-28-22(9-11-30(38)39)17(4)24(34-28)13-26-16(3)21(8-2)33(43)36-26;;/h7-8,13-15,34-35H,1-2,9-12H2,3-6H3,(H,37,42)(H,38,39)(H,40,41);2*1H/b24-13?,27-14+,28-15?;;. The molecule has 0 aromatic carbocycles. The smallest absolute Gasteiger partial charge is 0.303 e. The highest BCUT2D eigenvalue weighted by Crippen LogP contribution is 2.27. The largest absolute Gasteiger partial charge is 0.481 e. The quantitative estimate of drug-likeness (QED) is 0.247. The highest BCUT2D eigenvalue weighted by atomic mass is 35.5. The molecule has 2 aliphatic heterocycles. The van der Waals surface area contributed by atoms with E-state index < -0.39 is 11.9 Å². The monoisotopic (exact) mass is 654 g/mol. The third-order valence-corrected chi connectivity index (χ3v) is 7.87. The first-order chi connectivity index (χ1) is 20.4. The zero-order valence-electron chi connectivity index (χ0n) is 25.4. The number of hydrogen-bond acceptors (Lipinski definition) is 4. The molecule has 10 nitrogen and oxygen atoms in total. The molecule has 0 radical (unpaired) electrons. The number of carboxylic acids is 2. The summed E-state index contributed by atoms with van der Waals surface area (Å²) < 4.78 is 0. The Bertz CT molecular complexity index is 1870. The van der Waals surface area contributed by atoms with Crippen LogP contribution >= 0.6 is 24.8 Å². The number of rotatable bonds is 11. The summed E-state index contributed by atoms with van der Waals surface area (Å²) in [4.78, 5) is 58.4. The molecule has 0 unspecified atom stereocenters. The first-order valence-corrected chi connectivity index (χ1v) is 13.8. The lowest BCUT2D eigenvalue weighted by molar-refractivity contribution is -0.138. The van der Waals surface area contributed by atoms with Gasteiger partial charge in [0.15, 0.2) is 0 Å². The van der Waals surface area contributed by atoms with Gasteiger partial charge in [-0.15, -0.1) is 24.8 Å². The predicted octanol–water partition coefficient (Wildman–Crippen LogP) is 3.90. The first kappa shape index (κ1) is 36.5. The topological polar surface area (TPSA) is 165 Å². The number of carbonyl (C=O) groups excluding carboxylic acids is 2. The fraction of sp³-hybridized carbons (Fsp3) is 0.242. The average Bonchev–Trinajstić information content (AvgIpc) is 3.59. The van der Waals surface area contributed by atoms with E-state index in [2.05, 4.69) is 33.4 Å². The molecule has 0 saturated heterocycles. The molecule has 2 aliphatic rings. The number of allylic oxidation sites excluding steroid dienone is 2. The van der Waals surface area contributed by atoms with Crippen molar-refractivity contribution in [2.45, 2.75) is 53.4 Å². The van der Waals surface area contributed by atoms with Crippen LogP contribution in [0.2, 0.25) is 0 Å². The number of nitrogens with one attached hydrogen (secondary N) is 3. The maximum absolute atomic E-state index is 12.3. The molecule has 238 valence electrons. The molecule has 0 saturated carbocycles. The van der Waals surface area contributed by atoms with E-state index >= 15 is 0 Å². The maximum Gasteiger partial charge on any atom is 0.303 e. The Kier molecular flexibility index (Phi) is 12.1. The Hall–Kier alpha value is -4.67. The molecule has 4 rings (SSSR count). The van der Waals surface area contributed by atoms with Gasteiger partial charge in [0.25, 0.3) is 11.8 Å². The van der Waals surface area contributed by atoms with Crippen molar-refractivity contribution in [3.63, 3.8) is 0 Å². The highest BCUT2D eigenvalue weighted by Gasteiger charge is 2.23. The molecule has 0 aliphatic carbocycles. The predicted molar refractivity (Wildman–Crippen MR) is 179 cm³/mol. The van der Waals surface area contributed by atoms with E-state index in [0.29, 0.717) is 55.8 Å². The number of amides is 2. The van der Waals surface area contributed by atoms with Gasteiger partial charge in [0.05, 0.1) is 11.4 Å². The minimum Gasteiger partial charge on any atom is -0.481 e. The molecule has 2 amide bonds. The minimum atomic E-state index is -0.941. The molecule has 45 heavy (non-hydrogen) atoms. The van der Waals surface area contributed by atoms with Crippen LogP contribution in [0.15, 0.2) is 58.3 Å². The molecule has 5 N–H and O–H groups in total. The van der Waals surface area contributed by atoms with Crippen LogP contribution < -0.4 is 16.0 Å². The maximum atomic E-state index is 12.3. The molecular formula is C33H36Cl2N4O6. The van der Waals surface area contributed by atoms with Crippen LogP contribution in [-0.2, 0) is 32.0 Å². The van der Waals surface area contributed by atoms with Gasteiger partial charge in [-0.05, 0) is 86.6 Å². The van der Waals surface area contributed by atoms with Crippen molar-refractivity contribution in [1.29, 1.82) is 0 Å². The van der Waals surface area contributed by atoms with Gasteiger partial charge in [-0.25, -0.2) is 4.99 Å². The summed E-state index contributed by atoms with van der Waals surface area (Å²) in [6.07, 6.45) is 8.80. The van der Waals surface area contributed by atoms with E-state index in [-0.39, 0.29) is 62.3 Å². The van der Waals surface area contributed by atoms with Gasteiger partial charge in [0.2, 0.25) is 0 Å². The van der Waals surface area contributed by atoms with Crippen LogP contribution in [0.25, 0.3) is 18.2 Å². The van der Waals surface area contributed by atoms with Crippen LogP contribution in [0.3, 0.4) is 0 Å². The third kappa shape index (κ3) is 7.53. The van der Waals surface area contributed by atoms with Crippen molar-refractivity contribution in [1.82, 2.24) is 15.3 Å². The van der Waals surface area contributed by atoms with Gasteiger partial charge in [-0.1, -0.05) is 25.3 Å². The second-order valence-corrected chi connectivity index (χ2v) is 10.5. The van der Waals surface area contributed by atoms with Crippen molar-refractivity contribution in [2.24, 2.45) is 4.99 Å². The van der Waals surface area contributed by atoms with E-state index in [1.807, 2.05) is 19.9 Å². The normalized spacial score (nSPS) is 16.2. The van der Waals surface area contributed by atoms with Crippen molar-refractivity contribution < 1.29 is 29.4 Å². The lowest BCUT2D eigenvalue weighted by Gasteiger charge is -2.02. The molecule has 4 heterocycles. The summed E-state index contributed by atoms with van der Waals surface area (Å²) in [5.41, 5.74) is 7.97. The number of carboxylic acid groups (broad SMARTS) is 2. The van der Waals surface area contributed by atoms with E-state index in [4.69, 9.17) is 0 Å². The Morgan fingerprint density at radius 3 is 1.91 bits per heavy atom. The van der Waals surface area contributed by atoms with Crippen molar-refractivity contribution >= 4 is 72.5 Å². The van der Waals surface area contributed by atoms with Crippen molar-refractivity contribution in [3.8, 4) is 0 Å². The van der Waals surface area contributed by atoms with Gasteiger partial charge in [-0.2, -0.15) is 0 Å². The first-order valence-electron chi connectivity index (χ1n) is 13.8.